The summed E-state index contributed by atoms with van der Waals surface area (Å²) in [6.07, 6.45) is 1.77. The monoisotopic (exact) mass is 246 g/mol. The lowest BCUT2D eigenvalue weighted by molar-refractivity contribution is 1.31. The molecule has 0 amide bonds. The Hall–Kier alpha value is -1.45. The second-order valence-corrected chi connectivity index (χ2v) is 4.81. The number of fused-ring (bicyclic) bond motifs is 1. The van der Waals surface area contributed by atoms with Crippen LogP contribution in [-0.4, -0.2) is 9.97 Å². The highest BCUT2D eigenvalue weighted by molar-refractivity contribution is 7.21. The van der Waals surface area contributed by atoms with Gasteiger partial charge in [0.25, 0.3) is 0 Å². The zero-order chi connectivity index (χ0) is 11.0. The Balaban J connectivity index is 2.19. The molecule has 0 N–H and O–H groups in total. The van der Waals surface area contributed by atoms with E-state index < -0.39 is 0 Å². The highest BCUT2D eigenvalue weighted by Gasteiger charge is 2.06. The molecule has 78 valence electrons. The molecule has 0 spiro atoms. The van der Waals surface area contributed by atoms with Crippen LogP contribution in [0.1, 0.15) is 0 Å². The van der Waals surface area contributed by atoms with Crippen LogP contribution < -0.4 is 0 Å². The van der Waals surface area contributed by atoms with Gasteiger partial charge in [0.15, 0.2) is 0 Å². The number of benzene rings is 1. The molecule has 1 aromatic carbocycles. The Morgan fingerprint density at radius 2 is 2.06 bits per heavy atom. The van der Waals surface area contributed by atoms with Crippen LogP contribution in [0.2, 0.25) is 5.02 Å². The van der Waals surface area contributed by atoms with E-state index in [1.54, 1.807) is 17.5 Å². The van der Waals surface area contributed by atoms with Crippen molar-refractivity contribution in [2.45, 2.75) is 0 Å². The molecule has 0 radical (unpaired) electrons. The lowest BCUT2D eigenvalue weighted by Gasteiger charge is -1.91. The molecule has 2 heterocycles. The number of hydrogen-bond acceptors (Lipinski definition) is 3. The number of nitrogens with zero attached hydrogens (tertiary/aromatic N) is 2. The first-order chi connectivity index (χ1) is 7.83. The summed E-state index contributed by atoms with van der Waals surface area (Å²) >= 11 is 7.54. The second kappa shape index (κ2) is 3.85. The van der Waals surface area contributed by atoms with Crippen molar-refractivity contribution < 1.29 is 0 Å². The van der Waals surface area contributed by atoms with E-state index in [-0.39, 0.29) is 0 Å². The fraction of sp³-hybridized carbons (Fsp3) is 0. The molecule has 0 aliphatic heterocycles. The van der Waals surface area contributed by atoms with Gasteiger partial charge in [-0.25, -0.2) is 4.98 Å². The molecule has 0 unspecified atom stereocenters. The van der Waals surface area contributed by atoms with E-state index in [9.17, 15) is 0 Å². The molecule has 0 atom stereocenters. The third-order valence-electron chi connectivity index (χ3n) is 2.23. The first-order valence-electron chi connectivity index (χ1n) is 4.80. The number of hydrogen-bond donors (Lipinski definition) is 0. The van der Waals surface area contributed by atoms with Gasteiger partial charge in [0.1, 0.15) is 5.01 Å². The standard InChI is InChI=1S/C12H7ClN2S/c13-8-4-5-9-11(7-8)16-12(15-9)10-3-1-2-6-14-10/h1-7H. The number of pyridine rings is 1. The van der Waals surface area contributed by atoms with Crippen LogP contribution in [0.4, 0.5) is 0 Å². The normalized spacial score (nSPS) is 10.8. The van der Waals surface area contributed by atoms with Gasteiger partial charge in [0, 0.05) is 11.2 Å². The van der Waals surface area contributed by atoms with Crippen molar-refractivity contribution in [1.82, 2.24) is 9.97 Å². The van der Waals surface area contributed by atoms with E-state index in [2.05, 4.69) is 9.97 Å². The summed E-state index contributed by atoms with van der Waals surface area (Å²) in [4.78, 5) is 8.80. The van der Waals surface area contributed by atoms with Gasteiger partial charge in [-0.05, 0) is 30.3 Å². The topological polar surface area (TPSA) is 25.8 Å². The van der Waals surface area contributed by atoms with Gasteiger partial charge >= 0.3 is 0 Å². The summed E-state index contributed by atoms with van der Waals surface area (Å²) < 4.78 is 1.09. The lowest BCUT2D eigenvalue weighted by atomic mass is 10.3. The average Bonchev–Trinajstić information content (AvgIpc) is 2.73. The van der Waals surface area contributed by atoms with Crippen molar-refractivity contribution in [2.24, 2.45) is 0 Å². The number of aromatic nitrogens is 2. The van der Waals surface area contributed by atoms with Crippen molar-refractivity contribution in [3.63, 3.8) is 0 Å². The van der Waals surface area contributed by atoms with Crippen LogP contribution in [0.5, 0.6) is 0 Å². The minimum absolute atomic E-state index is 0.740. The zero-order valence-corrected chi connectivity index (χ0v) is 9.79. The Bertz CT molecular complexity index is 634. The minimum Gasteiger partial charge on any atom is -0.254 e. The van der Waals surface area contributed by atoms with Crippen LogP contribution in [0.25, 0.3) is 20.9 Å². The van der Waals surface area contributed by atoms with E-state index in [0.717, 1.165) is 25.9 Å². The summed E-state index contributed by atoms with van der Waals surface area (Å²) in [5.41, 5.74) is 1.87. The molecule has 3 rings (SSSR count). The molecule has 4 heteroatoms. The maximum absolute atomic E-state index is 5.94. The van der Waals surface area contributed by atoms with Crippen LogP contribution in [0.3, 0.4) is 0 Å². The Kier molecular flexibility index (Phi) is 2.35. The van der Waals surface area contributed by atoms with Crippen molar-refractivity contribution in [3.05, 3.63) is 47.6 Å². The zero-order valence-electron chi connectivity index (χ0n) is 8.22. The van der Waals surface area contributed by atoms with Crippen molar-refractivity contribution >= 4 is 33.2 Å². The predicted molar refractivity (Wildman–Crippen MR) is 67.9 cm³/mol. The number of thiazole rings is 1. The molecule has 16 heavy (non-hydrogen) atoms. The van der Waals surface area contributed by atoms with Gasteiger partial charge in [0.2, 0.25) is 0 Å². The Morgan fingerprint density at radius 1 is 1.12 bits per heavy atom. The SMILES string of the molecule is Clc1ccc2nc(-c3ccccn3)sc2c1. The summed E-state index contributed by atoms with van der Waals surface area (Å²) in [5.74, 6) is 0. The number of rotatable bonds is 1. The Morgan fingerprint density at radius 3 is 2.88 bits per heavy atom. The van der Waals surface area contributed by atoms with Crippen molar-refractivity contribution in [1.29, 1.82) is 0 Å². The largest absolute Gasteiger partial charge is 0.254 e. The highest BCUT2D eigenvalue weighted by Crippen LogP contribution is 2.30. The van der Waals surface area contributed by atoms with Crippen LogP contribution in [0.15, 0.2) is 42.6 Å². The van der Waals surface area contributed by atoms with E-state index in [4.69, 9.17) is 11.6 Å². The van der Waals surface area contributed by atoms with Crippen molar-refractivity contribution in [2.75, 3.05) is 0 Å². The van der Waals surface area contributed by atoms with Gasteiger partial charge < -0.3 is 0 Å². The van der Waals surface area contributed by atoms with Gasteiger partial charge in [-0.1, -0.05) is 17.7 Å². The summed E-state index contributed by atoms with van der Waals surface area (Å²) in [5, 5.41) is 1.67. The van der Waals surface area contributed by atoms with Gasteiger partial charge in [-0.3, -0.25) is 4.98 Å². The molecule has 2 aromatic heterocycles. The quantitative estimate of drug-likeness (QED) is 0.648. The predicted octanol–water partition coefficient (Wildman–Crippen LogP) is 4.01. The lowest BCUT2D eigenvalue weighted by Crippen LogP contribution is -1.78. The van der Waals surface area contributed by atoms with E-state index in [1.165, 1.54) is 0 Å². The maximum atomic E-state index is 5.94. The molecule has 0 saturated heterocycles. The van der Waals surface area contributed by atoms with E-state index in [1.807, 2.05) is 36.4 Å². The molecular formula is C12H7ClN2S. The third-order valence-corrected chi connectivity index (χ3v) is 3.51. The summed E-state index contributed by atoms with van der Waals surface area (Å²) in [6, 6.07) is 11.5. The van der Waals surface area contributed by atoms with Gasteiger partial charge in [-0.2, -0.15) is 0 Å². The summed E-state index contributed by atoms with van der Waals surface area (Å²) in [6.45, 7) is 0. The van der Waals surface area contributed by atoms with Gasteiger partial charge in [-0.15, -0.1) is 11.3 Å². The molecule has 0 aliphatic rings. The van der Waals surface area contributed by atoms with Crippen LogP contribution >= 0.6 is 22.9 Å². The van der Waals surface area contributed by atoms with Crippen LogP contribution in [-0.2, 0) is 0 Å². The second-order valence-electron chi connectivity index (χ2n) is 3.35. The molecule has 0 fully saturated rings. The first-order valence-corrected chi connectivity index (χ1v) is 6.00. The molecule has 3 aromatic rings. The molecule has 0 bridgehead atoms. The molecule has 0 saturated carbocycles. The van der Waals surface area contributed by atoms with Crippen molar-refractivity contribution in [3.8, 4) is 10.7 Å². The fourth-order valence-corrected chi connectivity index (χ4v) is 2.72. The van der Waals surface area contributed by atoms with E-state index in [0.29, 0.717) is 0 Å². The fourth-order valence-electron chi connectivity index (χ4n) is 1.50. The number of halogens is 1. The average molecular weight is 247 g/mol. The molecule has 2 nitrogen and oxygen atoms in total. The first kappa shape index (κ1) is 9.75. The Labute approximate surface area is 102 Å². The minimum atomic E-state index is 0.740. The van der Waals surface area contributed by atoms with Crippen LogP contribution in [0, 0.1) is 0 Å². The van der Waals surface area contributed by atoms with Gasteiger partial charge in [0.05, 0.1) is 15.9 Å². The smallest absolute Gasteiger partial charge is 0.143 e. The summed E-state index contributed by atoms with van der Waals surface area (Å²) in [7, 11) is 0. The van der Waals surface area contributed by atoms with E-state index >= 15 is 0 Å². The molecule has 0 aliphatic carbocycles. The maximum Gasteiger partial charge on any atom is 0.143 e. The highest BCUT2D eigenvalue weighted by atomic mass is 35.5. The third kappa shape index (κ3) is 1.68. The molecular weight excluding hydrogens is 240 g/mol.